The van der Waals surface area contributed by atoms with Gasteiger partial charge in [0, 0.05) is 11.3 Å². The van der Waals surface area contributed by atoms with Gasteiger partial charge in [0.2, 0.25) is 0 Å². The highest BCUT2D eigenvalue weighted by Crippen LogP contribution is 2.63. The molecular weight excluding hydrogens is 506 g/mol. The van der Waals surface area contributed by atoms with Crippen LogP contribution in [0.5, 0.6) is 0 Å². The van der Waals surface area contributed by atoms with Gasteiger partial charge < -0.3 is 14.9 Å². The lowest BCUT2D eigenvalue weighted by Gasteiger charge is -2.34. The molecule has 3 rings (SSSR count). The summed E-state index contributed by atoms with van der Waals surface area (Å²) in [6, 6.07) is 0. The van der Waals surface area contributed by atoms with E-state index in [0.717, 1.165) is 41.3 Å². The first-order valence-electron chi connectivity index (χ1n) is 13.5. The highest BCUT2D eigenvalue weighted by atomic mass is 32.2. The summed E-state index contributed by atoms with van der Waals surface area (Å²) in [6.45, 7) is 13.6. The summed E-state index contributed by atoms with van der Waals surface area (Å²) < 4.78 is 7.00. The largest absolute Gasteiger partial charge is 0.458 e. The molecule has 0 bridgehead atoms. The van der Waals surface area contributed by atoms with Crippen molar-refractivity contribution >= 4 is 40.9 Å². The summed E-state index contributed by atoms with van der Waals surface area (Å²) in [6.07, 6.45) is 4.88. The van der Waals surface area contributed by atoms with Gasteiger partial charge in [-0.1, -0.05) is 59.7 Å². The highest BCUT2D eigenvalue weighted by Gasteiger charge is 2.58. The SMILES string of the molecule is CSc1nc(/C=C(\C)C2CC3C(C)C3(C)CCC[C@H](C)C(O)[C@@H](C)C(=O)C(C)(C)[C@@H](O)CC(=O)O2)cs1. The summed E-state index contributed by atoms with van der Waals surface area (Å²) in [5.41, 5.74) is 0.760. The number of ether oxygens (including phenoxy) is 1. The van der Waals surface area contributed by atoms with Gasteiger partial charge in [-0.3, -0.25) is 9.59 Å². The number of ketones is 1. The Bertz CT molecular complexity index is 1000. The van der Waals surface area contributed by atoms with Crippen molar-refractivity contribution in [2.24, 2.45) is 34.5 Å². The van der Waals surface area contributed by atoms with E-state index in [1.54, 1.807) is 43.9 Å². The predicted octanol–water partition coefficient (Wildman–Crippen LogP) is 6.01. The van der Waals surface area contributed by atoms with Crippen molar-refractivity contribution in [2.75, 3.05) is 6.26 Å². The average Bonchev–Trinajstić information content (AvgIpc) is 3.14. The van der Waals surface area contributed by atoms with Crippen LogP contribution in [-0.2, 0) is 14.3 Å². The zero-order valence-corrected chi connectivity index (χ0v) is 25.2. The smallest absolute Gasteiger partial charge is 0.309 e. The molecule has 8 heteroatoms. The minimum Gasteiger partial charge on any atom is -0.458 e. The Morgan fingerprint density at radius 2 is 1.89 bits per heavy atom. The zero-order chi connectivity index (χ0) is 27.7. The molecule has 0 aromatic carbocycles. The third-order valence-electron chi connectivity index (χ3n) is 9.39. The minimum absolute atomic E-state index is 0.0249. The minimum atomic E-state index is -1.21. The second-order valence-electron chi connectivity index (χ2n) is 12.2. The molecule has 208 valence electrons. The average molecular weight is 552 g/mol. The molecule has 2 N–H and O–H groups in total. The topological polar surface area (TPSA) is 96.7 Å². The van der Waals surface area contributed by atoms with Gasteiger partial charge in [0.25, 0.3) is 0 Å². The van der Waals surface area contributed by atoms with Crippen molar-refractivity contribution in [3.05, 3.63) is 16.6 Å². The quantitative estimate of drug-likeness (QED) is 0.351. The van der Waals surface area contributed by atoms with E-state index in [1.807, 2.05) is 31.6 Å². The van der Waals surface area contributed by atoms with E-state index < -0.39 is 35.6 Å². The molecule has 2 aliphatic rings. The molecule has 6 nitrogen and oxygen atoms in total. The van der Waals surface area contributed by atoms with E-state index in [-0.39, 0.29) is 23.5 Å². The molecule has 0 spiro atoms. The lowest BCUT2D eigenvalue weighted by atomic mass is 9.73. The van der Waals surface area contributed by atoms with Gasteiger partial charge >= 0.3 is 5.97 Å². The third kappa shape index (κ3) is 6.68. The Hall–Kier alpha value is -1.22. The molecule has 1 aromatic heterocycles. The van der Waals surface area contributed by atoms with E-state index >= 15 is 0 Å². The van der Waals surface area contributed by atoms with Gasteiger partial charge in [0.15, 0.2) is 0 Å². The van der Waals surface area contributed by atoms with Gasteiger partial charge in [-0.05, 0) is 67.3 Å². The normalized spacial score (nSPS) is 38.1. The van der Waals surface area contributed by atoms with Gasteiger partial charge in [-0.25, -0.2) is 4.98 Å². The molecule has 8 atom stereocenters. The first-order chi connectivity index (χ1) is 17.2. The Morgan fingerprint density at radius 1 is 1.22 bits per heavy atom. The number of aliphatic hydroxyl groups is 2. The van der Waals surface area contributed by atoms with E-state index in [1.165, 1.54) is 0 Å². The van der Waals surface area contributed by atoms with Gasteiger partial charge in [0.1, 0.15) is 16.2 Å². The van der Waals surface area contributed by atoms with E-state index in [9.17, 15) is 19.8 Å². The van der Waals surface area contributed by atoms with Crippen molar-refractivity contribution in [2.45, 2.75) is 103 Å². The number of aromatic nitrogens is 1. The molecule has 1 saturated heterocycles. The van der Waals surface area contributed by atoms with Gasteiger partial charge in [0.05, 0.1) is 29.7 Å². The number of nitrogens with zero attached hydrogens (tertiary/aromatic N) is 1. The van der Waals surface area contributed by atoms with Crippen LogP contribution < -0.4 is 0 Å². The molecule has 2 heterocycles. The summed E-state index contributed by atoms with van der Waals surface area (Å²) in [7, 11) is 0. The number of Topliss-reactive ketones (excluding diaryl/α,β-unsaturated/α-hetero) is 1. The van der Waals surface area contributed by atoms with Crippen LogP contribution in [0, 0.1) is 34.5 Å². The van der Waals surface area contributed by atoms with Crippen molar-refractivity contribution in [1.82, 2.24) is 4.98 Å². The number of hydrogen-bond donors (Lipinski definition) is 2. The molecule has 1 aliphatic heterocycles. The van der Waals surface area contributed by atoms with Crippen LogP contribution in [0.25, 0.3) is 6.08 Å². The molecule has 1 aliphatic carbocycles. The summed E-state index contributed by atoms with van der Waals surface area (Å²) in [5.74, 6) is -0.483. The monoisotopic (exact) mass is 551 g/mol. The second-order valence-corrected chi connectivity index (χ2v) is 14.1. The molecule has 1 saturated carbocycles. The van der Waals surface area contributed by atoms with E-state index in [2.05, 4.69) is 18.8 Å². The Balaban J connectivity index is 1.89. The number of thiazole rings is 1. The van der Waals surface area contributed by atoms with Crippen LogP contribution in [0.3, 0.4) is 0 Å². The summed E-state index contributed by atoms with van der Waals surface area (Å²) >= 11 is 3.20. The van der Waals surface area contributed by atoms with Crippen LogP contribution in [0.2, 0.25) is 0 Å². The Kier molecular flexibility index (Phi) is 9.74. The van der Waals surface area contributed by atoms with Crippen LogP contribution in [0.1, 0.15) is 86.3 Å². The van der Waals surface area contributed by atoms with Crippen LogP contribution >= 0.6 is 23.1 Å². The molecule has 5 unspecified atom stereocenters. The number of hydrogen-bond acceptors (Lipinski definition) is 8. The Morgan fingerprint density at radius 3 is 2.51 bits per heavy atom. The number of aliphatic hydroxyl groups excluding tert-OH is 2. The number of rotatable bonds is 3. The van der Waals surface area contributed by atoms with Gasteiger partial charge in [-0.15, -0.1) is 11.3 Å². The third-order valence-corrected chi connectivity index (χ3v) is 11.3. The van der Waals surface area contributed by atoms with Crippen molar-refractivity contribution in [3.63, 3.8) is 0 Å². The molecule has 0 amide bonds. The van der Waals surface area contributed by atoms with Crippen LogP contribution in [0.15, 0.2) is 15.3 Å². The number of thioether (sulfide) groups is 1. The fourth-order valence-corrected chi connectivity index (χ4v) is 7.33. The first-order valence-corrected chi connectivity index (χ1v) is 15.6. The first kappa shape index (κ1) is 30.3. The lowest BCUT2D eigenvalue weighted by Crippen LogP contribution is -2.45. The van der Waals surface area contributed by atoms with Gasteiger partial charge in [-0.2, -0.15) is 0 Å². The lowest BCUT2D eigenvalue weighted by molar-refractivity contribution is -0.154. The number of cyclic esters (lactones) is 1. The maximum Gasteiger partial charge on any atom is 0.309 e. The van der Waals surface area contributed by atoms with E-state index in [4.69, 9.17) is 4.74 Å². The second kappa shape index (κ2) is 11.9. The maximum absolute atomic E-state index is 13.3. The van der Waals surface area contributed by atoms with Crippen LogP contribution in [0.4, 0.5) is 0 Å². The fraction of sp³-hybridized carbons (Fsp3) is 0.759. The van der Waals surface area contributed by atoms with Crippen molar-refractivity contribution < 1.29 is 24.5 Å². The molecule has 0 radical (unpaired) electrons. The zero-order valence-electron chi connectivity index (χ0n) is 23.6. The summed E-state index contributed by atoms with van der Waals surface area (Å²) in [5, 5.41) is 23.9. The number of carbonyl (C=O) groups is 2. The van der Waals surface area contributed by atoms with Crippen molar-refractivity contribution in [3.8, 4) is 0 Å². The fourth-order valence-electron chi connectivity index (χ4n) is 6.10. The standard InChI is InChI=1S/C29H45NO5S2/c1-16-10-9-11-29(7)19(4)21(29)13-22(17(2)12-20-15-37-27(30-20)36-8)35-24(32)14-23(31)28(5,6)26(34)18(3)25(16)33/h12,15-16,18-19,21-23,25,31,33H,9-11,13-14H2,1-8H3/b17-12+/t16-,18+,19?,21?,22?,23-,25?,29?/m0/s1. The Labute approximate surface area is 230 Å². The molecule has 2 fully saturated rings. The predicted molar refractivity (Wildman–Crippen MR) is 150 cm³/mol. The molecular formula is C29H45NO5S2. The van der Waals surface area contributed by atoms with Crippen LogP contribution in [-0.4, -0.2) is 51.5 Å². The highest BCUT2D eigenvalue weighted by molar-refractivity contribution is 8.00. The number of carbonyl (C=O) groups excluding carboxylic acids is 2. The molecule has 37 heavy (non-hydrogen) atoms. The number of esters is 1. The maximum atomic E-state index is 13.3. The molecule has 1 aromatic rings. The van der Waals surface area contributed by atoms with E-state index in [0.29, 0.717) is 11.8 Å². The van der Waals surface area contributed by atoms with Crippen molar-refractivity contribution in [1.29, 1.82) is 0 Å². The summed E-state index contributed by atoms with van der Waals surface area (Å²) in [4.78, 5) is 31.0. The number of fused-ring (bicyclic) bond motifs is 1.